The normalized spacial score (nSPS) is 16.8. The summed E-state index contributed by atoms with van der Waals surface area (Å²) in [4.78, 5) is 0. The van der Waals surface area contributed by atoms with Crippen molar-refractivity contribution in [3.63, 3.8) is 0 Å². The molecule has 1 radical (unpaired) electrons. The lowest BCUT2D eigenvalue weighted by Crippen LogP contribution is -2.16. The predicted molar refractivity (Wildman–Crippen MR) is 43.8 cm³/mol. The summed E-state index contributed by atoms with van der Waals surface area (Å²) in [5, 5.41) is 0. The second-order valence-corrected chi connectivity index (χ2v) is 2.81. The molecule has 0 rings (SSSR count). The van der Waals surface area contributed by atoms with E-state index in [1.807, 2.05) is 13.8 Å². The zero-order valence-electron chi connectivity index (χ0n) is 6.79. The Balaban J connectivity index is 3.16. The molecular formula is C7H15O2S. The summed E-state index contributed by atoms with van der Waals surface area (Å²) in [6.07, 6.45) is 0.854. The SMILES string of the molecule is CCCOC(C)OC(C)[S]. The molecule has 0 saturated heterocycles. The molecule has 0 aromatic rings. The van der Waals surface area contributed by atoms with E-state index in [4.69, 9.17) is 22.1 Å². The first-order valence-electron chi connectivity index (χ1n) is 3.59. The van der Waals surface area contributed by atoms with Crippen LogP contribution in [0, 0.1) is 0 Å². The molecule has 0 aliphatic heterocycles. The van der Waals surface area contributed by atoms with Gasteiger partial charge in [0.1, 0.15) is 5.44 Å². The lowest BCUT2D eigenvalue weighted by molar-refractivity contribution is -0.134. The summed E-state index contributed by atoms with van der Waals surface area (Å²) in [5.41, 5.74) is -0.160. The van der Waals surface area contributed by atoms with Gasteiger partial charge in [0, 0.05) is 6.61 Å². The van der Waals surface area contributed by atoms with Gasteiger partial charge in [0.25, 0.3) is 0 Å². The van der Waals surface area contributed by atoms with Crippen LogP contribution in [0.4, 0.5) is 0 Å². The highest BCUT2D eigenvalue weighted by Gasteiger charge is 2.03. The van der Waals surface area contributed by atoms with Gasteiger partial charge in [-0.25, -0.2) is 0 Å². The highest BCUT2D eigenvalue weighted by atomic mass is 32.1. The standard InChI is InChI=1S/C7H15O2S/c1-4-5-8-6(2)9-7(3)10/h6-7H,4-5H2,1-3H3. The van der Waals surface area contributed by atoms with Crippen molar-refractivity contribution in [3.05, 3.63) is 0 Å². The van der Waals surface area contributed by atoms with Crippen LogP contribution >= 0.6 is 12.6 Å². The number of ether oxygens (including phenoxy) is 2. The zero-order valence-corrected chi connectivity index (χ0v) is 7.61. The summed E-state index contributed by atoms with van der Waals surface area (Å²) < 4.78 is 10.4. The Morgan fingerprint density at radius 2 is 2.00 bits per heavy atom. The maximum Gasteiger partial charge on any atom is 0.156 e. The molecule has 0 aromatic heterocycles. The summed E-state index contributed by atoms with van der Waals surface area (Å²) in [7, 11) is 0. The largest absolute Gasteiger partial charge is 0.353 e. The molecule has 2 unspecified atom stereocenters. The molecule has 0 heterocycles. The molecule has 0 aliphatic carbocycles. The predicted octanol–water partition coefficient (Wildman–Crippen LogP) is 2.32. The molecule has 3 heteroatoms. The van der Waals surface area contributed by atoms with E-state index in [-0.39, 0.29) is 11.7 Å². The third-order valence-corrected chi connectivity index (χ3v) is 1.05. The minimum atomic E-state index is -0.160. The van der Waals surface area contributed by atoms with E-state index < -0.39 is 0 Å². The summed E-state index contributed by atoms with van der Waals surface area (Å²) >= 11 is 4.80. The average Bonchev–Trinajstić information content (AvgIpc) is 1.82. The van der Waals surface area contributed by atoms with Gasteiger partial charge < -0.3 is 9.47 Å². The summed E-state index contributed by atoms with van der Waals surface area (Å²) in [6, 6.07) is 0. The molecular weight excluding hydrogens is 148 g/mol. The van der Waals surface area contributed by atoms with Crippen LogP contribution in [0.1, 0.15) is 27.2 Å². The minimum Gasteiger partial charge on any atom is -0.353 e. The van der Waals surface area contributed by atoms with Gasteiger partial charge in [0.15, 0.2) is 6.29 Å². The Bertz CT molecular complexity index is 76.0. The van der Waals surface area contributed by atoms with Gasteiger partial charge in [-0.15, -0.1) is 0 Å². The van der Waals surface area contributed by atoms with E-state index in [1.54, 1.807) is 0 Å². The lowest BCUT2D eigenvalue weighted by atomic mass is 10.5. The van der Waals surface area contributed by atoms with Crippen molar-refractivity contribution < 1.29 is 9.47 Å². The quantitative estimate of drug-likeness (QED) is 0.579. The number of hydrogen-bond donors (Lipinski definition) is 0. The molecule has 2 atom stereocenters. The monoisotopic (exact) mass is 163 g/mol. The van der Waals surface area contributed by atoms with Crippen molar-refractivity contribution >= 4 is 12.6 Å². The van der Waals surface area contributed by atoms with Gasteiger partial charge in [0.2, 0.25) is 0 Å². The van der Waals surface area contributed by atoms with Crippen LogP contribution in [0.2, 0.25) is 0 Å². The average molecular weight is 163 g/mol. The van der Waals surface area contributed by atoms with Crippen LogP contribution in [0.5, 0.6) is 0 Å². The van der Waals surface area contributed by atoms with Crippen LogP contribution in [0.15, 0.2) is 0 Å². The fourth-order valence-electron chi connectivity index (χ4n) is 0.593. The highest BCUT2D eigenvalue weighted by Crippen LogP contribution is 2.02. The minimum absolute atomic E-state index is 0.160. The van der Waals surface area contributed by atoms with Gasteiger partial charge in [0.05, 0.1) is 0 Å². The maximum atomic E-state index is 5.21. The summed E-state index contributed by atoms with van der Waals surface area (Å²) in [6.45, 7) is 6.48. The van der Waals surface area contributed by atoms with Gasteiger partial charge in [-0.3, -0.25) is 0 Å². The van der Waals surface area contributed by atoms with Crippen molar-refractivity contribution in [1.29, 1.82) is 0 Å². The van der Waals surface area contributed by atoms with Crippen LogP contribution in [0.3, 0.4) is 0 Å². The Hall–Kier alpha value is 0.270. The van der Waals surface area contributed by atoms with E-state index >= 15 is 0 Å². The Morgan fingerprint density at radius 1 is 1.40 bits per heavy atom. The molecule has 0 aliphatic rings. The number of hydrogen-bond acceptors (Lipinski definition) is 2. The topological polar surface area (TPSA) is 18.5 Å². The van der Waals surface area contributed by atoms with Crippen LogP contribution in [-0.4, -0.2) is 18.3 Å². The molecule has 0 N–H and O–H groups in total. The van der Waals surface area contributed by atoms with Crippen molar-refractivity contribution in [1.82, 2.24) is 0 Å². The molecule has 10 heavy (non-hydrogen) atoms. The molecule has 0 fully saturated rings. The first-order chi connectivity index (χ1) is 4.66. The van der Waals surface area contributed by atoms with Crippen LogP contribution in [0.25, 0.3) is 0 Å². The first kappa shape index (κ1) is 10.3. The van der Waals surface area contributed by atoms with Gasteiger partial charge >= 0.3 is 0 Å². The zero-order chi connectivity index (χ0) is 7.98. The van der Waals surface area contributed by atoms with E-state index in [1.165, 1.54) is 0 Å². The van der Waals surface area contributed by atoms with Gasteiger partial charge in [-0.05, 0) is 20.3 Å². The fourth-order valence-corrected chi connectivity index (χ4v) is 0.749. The Morgan fingerprint density at radius 3 is 2.40 bits per heavy atom. The van der Waals surface area contributed by atoms with Gasteiger partial charge in [-0.1, -0.05) is 19.6 Å². The molecule has 0 spiro atoms. The molecule has 0 saturated carbocycles. The van der Waals surface area contributed by atoms with Crippen LogP contribution in [-0.2, 0) is 9.47 Å². The molecule has 0 aromatic carbocycles. The molecule has 0 amide bonds. The van der Waals surface area contributed by atoms with Crippen molar-refractivity contribution in [3.8, 4) is 0 Å². The van der Waals surface area contributed by atoms with E-state index in [2.05, 4.69) is 6.92 Å². The fraction of sp³-hybridized carbons (Fsp3) is 1.00. The third kappa shape index (κ3) is 6.39. The van der Waals surface area contributed by atoms with Gasteiger partial charge in [-0.2, -0.15) is 0 Å². The van der Waals surface area contributed by atoms with Crippen molar-refractivity contribution in [2.24, 2.45) is 0 Å². The highest BCUT2D eigenvalue weighted by molar-refractivity contribution is 7.80. The van der Waals surface area contributed by atoms with E-state index in [0.717, 1.165) is 13.0 Å². The Kier molecular flexibility index (Phi) is 6.17. The van der Waals surface area contributed by atoms with E-state index in [0.29, 0.717) is 0 Å². The molecule has 2 nitrogen and oxygen atoms in total. The summed E-state index contributed by atoms with van der Waals surface area (Å²) in [5.74, 6) is 0. The lowest BCUT2D eigenvalue weighted by Gasteiger charge is -2.14. The van der Waals surface area contributed by atoms with Crippen molar-refractivity contribution in [2.75, 3.05) is 6.61 Å². The van der Waals surface area contributed by atoms with E-state index in [9.17, 15) is 0 Å². The maximum absolute atomic E-state index is 5.21. The smallest absolute Gasteiger partial charge is 0.156 e. The molecule has 0 bridgehead atoms. The second kappa shape index (κ2) is 6.01. The third-order valence-electron chi connectivity index (χ3n) is 0.940. The first-order valence-corrected chi connectivity index (χ1v) is 4.06. The van der Waals surface area contributed by atoms with Crippen LogP contribution < -0.4 is 0 Å². The molecule has 61 valence electrons. The second-order valence-electron chi connectivity index (χ2n) is 2.14. The number of rotatable bonds is 5. The Labute approximate surface area is 68.3 Å². The van der Waals surface area contributed by atoms with Crippen molar-refractivity contribution in [2.45, 2.75) is 38.9 Å².